The Morgan fingerprint density at radius 2 is 1.87 bits per heavy atom. The van der Waals surface area contributed by atoms with Crippen LogP contribution in [0.15, 0.2) is 0 Å². The lowest BCUT2D eigenvalue weighted by atomic mass is 9.55. The van der Waals surface area contributed by atoms with Crippen LogP contribution in [0.3, 0.4) is 0 Å². The molecule has 0 saturated heterocycles. The van der Waals surface area contributed by atoms with Gasteiger partial charge in [-0.2, -0.15) is 8.42 Å². The average Bonchev–Trinajstić information content (AvgIpc) is 2.14. The predicted molar refractivity (Wildman–Crippen MR) is 55.2 cm³/mol. The molecule has 1 atom stereocenters. The minimum atomic E-state index is -2.33. The van der Waals surface area contributed by atoms with Gasteiger partial charge in [-0.1, -0.05) is 19.3 Å². The standard InChI is InChI=1S/C10H14O4S/c11-9(12)7-6-10(8(7)15(13)14)4-2-1-3-5-10/h7H,1-6H2,(H,11,12). The van der Waals surface area contributed by atoms with E-state index in [4.69, 9.17) is 5.11 Å². The van der Waals surface area contributed by atoms with E-state index in [0.717, 1.165) is 32.1 Å². The van der Waals surface area contributed by atoms with Crippen molar-refractivity contribution < 1.29 is 18.3 Å². The second-order valence-corrected chi connectivity index (χ2v) is 5.44. The van der Waals surface area contributed by atoms with Gasteiger partial charge in [0.05, 0.1) is 10.8 Å². The van der Waals surface area contributed by atoms with Crippen molar-refractivity contribution in [1.82, 2.24) is 0 Å². The summed E-state index contributed by atoms with van der Waals surface area (Å²) in [5, 5.41) is 8.87. The van der Waals surface area contributed by atoms with Crippen LogP contribution in [0.25, 0.3) is 0 Å². The molecule has 0 heterocycles. The van der Waals surface area contributed by atoms with Crippen LogP contribution in [0.5, 0.6) is 0 Å². The molecule has 2 saturated carbocycles. The Balaban J connectivity index is 2.32. The Morgan fingerprint density at radius 1 is 1.27 bits per heavy atom. The molecule has 0 aromatic heterocycles. The third-order valence-corrected chi connectivity index (χ3v) is 4.80. The van der Waals surface area contributed by atoms with Gasteiger partial charge >= 0.3 is 5.97 Å². The van der Waals surface area contributed by atoms with Crippen LogP contribution < -0.4 is 0 Å². The molecule has 1 spiro atoms. The first-order valence-corrected chi connectivity index (χ1v) is 6.34. The second kappa shape index (κ2) is 3.63. The Kier molecular flexibility index (Phi) is 2.58. The molecule has 0 bridgehead atoms. The molecule has 84 valence electrons. The average molecular weight is 230 g/mol. The lowest BCUT2D eigenvalue weighted by Crippen LogP contribution is -2.53. The van der Waals surface area contributed by atoms with Crippen molar-refractivity contribution in [3.05, 3.63) is 0 Å². The van der Waals surface area contributed by atoms with E-state index in [9.17, 15) is 13.2 Å². The van der Waals surface area contributed by atoms with E-state index in [1.165, 1.54) is 0 Å². The van der Waals surface area contributed by atoms with Crippen molar-refractivity contribution in [2.75, 3.05) is 0 Å². The number of carboxylic acid groups (broad SMARTS) is 1. The van der Waals surface area contributed by atoms with Crippen LogP contribution in [0, 0.1) is 11.3 Å². The van der Waals surface area contributed by atoms with Crippen molar-refractivity contribution in [3.8, 4) is 0 Å². The third-order valence-electron chi connectivity index (χ3n) is 3.72. The molecular weight excluding hydrogens is 216 g/mol. The number of carboxylic acids is 1. The summed E-state index contributed by atoms with van der Waals surface area (Å²) in [6.45, 7) is 0. The number of hydrogen-bond acceptors (Lipinski definition) is 3. The number of hydrogen-bond donors (Lipinski definition) is 1. The zero-order valence-corrected chi connectivity index (χ0v) is 9.22. The minimum Gasteiger partial charge on any atom is -0.481 e. The topological polar surface area (TPSA) is 71.4 Å². The van der Waals surface area contributed by atoms with Gasteiger partial charge in [0.25, 0.3) is 0 Å². The lowest BCUT2D eigenvalue weighted by molar-refractivity contribution is -0.142. The lowest BCUT2D eigenvalue weighted by Gasteiger charge is -2.48. The first-order valence-electron chi connectivity index (χ1n) is 5.26. The first kappa shape index (κ1) is 10.7. The highest BCUT2D eigenvalue weighted by atomic mass is 32.2. The van der Waals surface area contributed by atoms with Crippen LogP contribution in [0.4, 0.5) is 0 Å². The molecule has 0 radical (unpaired) electrons. The molecule has 1 N–H and O–H groups in total. The minimum absolute atomic E-state index is 0.259. The first-order chi connectivity index (χ1) is 7.07. The molecule has 15 heavy (non-hydrogen) atoms. The molecule has 4 nitrogen and oxygen atoms in total. The van der Waals surface area contributed by atoms with Gasteiger partial charge in [-0.25, -0.2) is 0 Å². The molecule has 2 aliphatic carbocycles. The number of aliphatic carboxylic acids is 1. The molecule has 2 aliphatic rings. The van der Waals surface area contributed by atoms with Gasteiger partial charge in [0.15, 0.2) is 0 Å². The summed E-state index contributed by atoms with van der Waals surface area (Å²) in [5.41, 5.74) is -0.284. The highest BCUT2D eigenvalue weighted by Gasteiger charge is 2.54. The van der Waals surface area contributed by atoms with E-state index in [0.29, 0.717) is 6.42 Å². The Hall–Kier alpha value is -0.840. The normalized spacial score (nSPS) is 28.5. The molecule has 0 aromatic rings. The van der Waals surface area contributed by atoms with Crippen molar-refractivity contribution in [1.29, 1.82) is 0 Å². The third kappa shape index (κ3) is 1.58. The molecule has 1 unspecified atom stereocenters. The van der Waals surface area contributed by atoms with Gasteiger partial charge in [-0.05, 0) is 19.3 Å². The van der Waals surface area contributed by atoms with E-state index in [1.807, 2.05) is 0 Å². The van der Waals surface area contributed by atoms with Gasteiger partial charge in [0, 0.05) is 5.41 Å². The van der Waals surface area contributed by atoms with E-state index in [1.54, 1.807) is 0 Å². The van der Waals surface area contributed by atoms with Crippen molar-refractivity contribution >= 4 is 21.1 Å². The number of carbonyl (C=O) groups is 1. The Morgan fingerprint density at radius 3 is 2.33 bits per heavy atom. The second-order valence-electron chi connectivity index (χ2n) is 4.53. The van der Waals surface area contributed by atoms with Gasteiger partial charge in [0.1, 0.15) is 0 Å². The van der Waals surface area contributed by atoms with Crippen molar-refractivity contribution in [2.24, 2.45) is 11.3 Å². The molecule has 2 fully saturated rings. The van der Waals surface area contributed by atoms with E-state index < -0.39 is 22.2 Å². The van der Waals surface area contributed by atoms with Crippen LogP contribution >= 0.6 is 0 Å². The fourth-order valence-corrected chi connectivity index (χ4v) is 4.05. The monoisotopic (exact) mass is 230 g/mol. The fraction of sp³-hybridized carbons (Fsp3) is 0.800. The molecule has 2 rings (SSSR count). The summed E-state index contributed by atoms with van der Waals surface area (Å²) in [4.78, 5) is 11.1. The zero-order chi connectivity index (χ0) is 11.1. The predicted octanol–water partition coefficient (Wildman–Crippen LogP) is 1.09. The zero-order valence-electron chi connectivity index (χ0n) is 8.40. The van der Waals surface area contributed by atoms with E-state index in [2.05, 4.69) is 0 Å². The van der Waals surface area contributed by atoms with Gasteiger partial charge in [-0.15, -0.1) is 0 Å². The summed E-state index contributed by atoms with van der Waals surface area (Å²) in [7, 11) is -2.33. The number of rotatable bonds is 1. The van der Waals surface area contributed by atoms with Crippen molar-refractivity contribution in [3.63, 3.8) is 0 Å². The van der Waals surface area contributed by atoms with Gasteiger partial charge in [-0.3, -0.25) is 4.79 Å². The largest absolute Gasteiger partial charge is 0.481 e. The molecule has 5 heteroatoms. The Bertz CT molecular complexity index is 407. The fourth-order valence-electron chi connectivity index (χ4n) is 2.99. The summed E-state index contributed by atoms with van der Waals surface area (Å²) < 4.78 is 22.1. The maximum Gasteiger partial charge on any atom is 0.311 e. The molecular formula is C10H14O4S. The van der Waals surface area contributed by atoms with Gasteiger partial charge in [0.2, 0.25) is 10.3 Å². The molecule has 0 amide bonds. The quantitative estimate of drug-likeness (QED) is 0.684. The molecule has 0 aromatic carbocycles. The highest BCUT2D eigenvalue weighted by molar-refractivity contribution is 7.73. The van der Waals surface area contributed by atoms with Crippen LogP contribution in [-0.2, 0) is 15.1 Å². The Labute approximate surface area is 89.8 Å². The SMILES string of the molecule is O=C(O)C1CC2(CCCCC2)C1=S(=O)=O. The van der Waals surface area contributed by atoms with E-state index >= 15 is 0 Å². The van der Waals surface area contributed by atoms with Crippen LogP contribution in [-0.4, -0.2) is 24.4 Å². The highest BCUT2D eigenvalue weighted by Crippen LogP contribution is 2.52. The van der Waals surface area contributed by atoms with Crippen LogP contribution in [0.2, 0.25) is 0 Å². The molecule has 0 aliphatic heterocycles. The van der Waals surface area contributed by atoms with Crippen LogP contribution in [0.1, 0.15) is 38.5 Å². The summed E-state index contributed by atoms with van der Waals surface area (Å²) in [5.74, 6) is -1.74. The van der Waals surface area contributed by atoms with Gasteiger partial charge < -0.3 is 5.11 Å². The smallest absolute Gasteiger partial charge is 0.311 e. The maximum absolute atomic E-state index is 11.1. The summed E-state index contributed by atoms with van der Waals surface area (Å²) in [6.07, 6.45) is 5.39. The maximum atomic E-state index is 11.1. The van der Waals surface area contributed by atoms with Crippen molar-refractivity contribution in [2.45, 2.75) is 38.5 Å². The summed E-state index contributed by atoms with van der Waals surface area (Å²) in [6, 6.07) is 0. The summed E-state index contributed by atoms with van der Waals surface area (Å²) >= 11 is 0. The van der Waals surface area contributed by atoms with E-state index in [-0.39, 0.29) is 10.3 Å².